The van der Waals surface area contributed by atoms with Crippen LogP contribution in [-0.2, 0) is 0 Å². The molecule has 3 heteroatoms. The quantitative estimate of drug-likeness (QED) is 0.200. The van der Waals surface area contributed by atoms with Gasteiger partial charge in [-0.2, -0.15) is 0 Å². The summed E-state index contributed by atoms with van der Waals surface area (Å²) in [5, 5.41) is 7.14. The van der Waals surface area contributed by atoms with Crippen LogP contribution in [0.5, 0.6) is 23.0 Å². The Labute approximate surface area is 254 Å². The molecule has 0 spiro atoms. The number of nitrogens with zero attached hydrogens (tertiary/aromatic N) is 1. The summed E-state index contributed by atoms with van der Waals surface area (Å²) in [5.41, 5.74) is 6.94. The second kappa shape index (κ2) is 9.82. The predicted molar refractivity (Wildman–Crippen MR) is 180 cm³/mol. The van der Waals surface area contributed by atoms with Gasteiger partial charge in [-0.1, -0.05) is 109 Å². The smallest absolute Gasteiger partial charge is 0.170 e. The van der Waals surface area contributed by atoms with Crippen LogP contribution in [0.1, 0.15) is 0 Å². The van der Waals surface area contributed by atoms with Gasteiger partial charge in [0.05, 0.1) is 0 Å². The lowest BCUT2D eigenvalue weighted by Gasteiger charge is -2.22. The van der Waals surface area contributed by atoms with Gasteiger partial charge in [0.15, 0.2) is 23.0 Å². The van der Waals surface area contributed by atoms with E-state index in [1.807, 2.05) is 48.8 Å². The lowest BCUT2D eigenvalue weighted by atomic mass is 9.86. The molecular formula is C41H25NO2. The molecule has 0 aliphatic carbocycles. The zero-order valence-electron chi connectivity index (χ0n) is 23.7. The van der Waals surface area contributed by atoms with Gasteiger partial charge >= 0.3 is 0 Å². The van der Waals surface area contributed by atoms with E-state index in [1.54, 1.807) is 0 Å². The van der Waals surface area contributed by atoms with Crippen molar-refractivity contribution in [3.05, 3.63) is 152 Å². The highest BCUT2D eigenvalue weighted by atomic mass is 16.6. The second-order valence-electron chi connectivity index (χ2n) is 11.2. The van der Waals surface area contributed by atoms with Gasteiger partial charge in [0, 0.05) is 18.0 Å². The first-order valence-electron chi connectivity index (χ1n) is 14.8. The van der Waals surface area contributed by atoms with Gasteiger partial charge in [-0.05, 0) is 90.5 Å². The lowest BCUT2D eigenvalue weighted by molar-refractivity contribution is 0.360. The Hall–Kier alpha value is -5.93. The maximum Gasteiger partial charge on any atom is 0.170 e. The molecule has 1 aromatic heterocycles. The molecule has 0 saturated carbocycles. The maximum absolute atomic E-state index is 6.36. The van der Waals surface area contributed by atoms with Crippen molar-refractivity contribution in [2.75, 3.05) is 0 Å². The van der Waals surface area contributed by atoms with Gasteiger partial charge in [0.1, 0.15) is 0 Å². The molecular weight excluding hydrogens is 538 g/mol. The number of fused-ring (bicyclic) bond motifs is 5. The number of hydrogen-bond donors (Lipinski definition) is 0. The molecule has 1 aliphatic heterocycles. The average Bonchev–Trinajstić information content (AvgIpc) is 3.09. The molecule has 44 heavy (non-hydrogen) atoms. The molecule has 0 unspecified atom stereocenters. The van der Waals surface area contributed by atoms with Crippen LogP contribution in [0.15, 0.2) is 152 Å². The Morgan fingerprint density at radius 1 is 0.364 bits per heavy atom. The molecule has 1 aliphatic rings. The van der Waals surface area contributed by atoms with E-state index in [-0.39, 0.29) is 0 Å². The van der Waals surface area contributed by atoms with Crippen LogP contribution in [0.2, 0.25) is 0 Å². The first-order chi connectivity index (χ1) is 21.8. The van der Waals surface area contributed by atoms with Crippen molar-refractivity contribution in [3.63, 3.8) is 0 Å². The van der Waals surface area contributed by atoms with E-state index >= 15 is 0 Å². The number of pyridine rings is 1. The summed E-state index contributed by atoms with van der Waals surface area (Å²) in [6, 6.07) is 48.9. The van der Waals surface area contributed by atoms with E-state index in [0.717, 1.165) is 50.5 Å². The lowest BCUT2D eigenvalue weighted by Crippen LogP contribution is -1.99. The van der Waals surface area contributed by atoms with Crippen LogP contribution in [-0.4, -0.2) is 4.98 Å². The standard InChI is InChI=1S/C41H25NO2/c1-2-9-29-23-39-38(22-28(29)8-1)43-36-20-19-30(24-37(36)44-39)26-15-17-27(18-16-26)40-32-11-3-5-13-34(32)41(31-10-7-21-42-25-31)35-14-6-4-12-33(35)40/h1-25H. The van der Waals surface area contributed by atoms with Crippen LogP contribution >= 0.6 is 0 Å². The van der Waals surface area contributed by atoms with Gasteiger partial charge in [-0.25, -0.2) is 0 Å². The summed E-state index contributed by atoms with van der Waals surface area (Å²) in [6.45, 7) is 0. The van der Waals surface area contributed by atoms with Gasteiger partial charge in [-0.15, -0.1) is 0 Å². The van der Waals surface area contributed by atoms with Gasteiger partial charge in [0.25, 0.3) is 0 Å². The van der Waals surface area contributed by atoms with Crippen molar-refractivity contribution in [1.29, 1.82) is 0 Å². The fourth-order valence-corrected chi connectivity index (χ4v) is 6.54. The van der Waals surface area contributed by atoms with Crippen LogP contribution in [0.25, 0.3) is 65.7 Å². The zero-order chi connectivity index (χ0) is 29.0. The number of aromatic nitrogens is 1. The summed E-state index contributed by atoms with van der Waals surface area (Å²) in [7, 11) is 0. The van der Waals surface area contributed by atoms with E-state index < -0.39 is 0 Å². The minimum absolute atomic E-state index is 0.720. The monoisotopic (exact) mass is 563 g/mol. The highest BCUT2D eigenvalue weighted by molar-refractivity contribution is 6.21. The third kappa shape index (κ3) is 3.94. The first kappa shape index (κ1) is 24.6. The number of rotatable bonds is 3. The maximum atomic E-state index is 6.36. The molecule has 0 N–H and O–H groups in total. The van der Waals surface area contributed by atoms with E-state index in [0.29, 0.717) is 0 Å². The molecule has 8 aromatic rings. The summed E-state index contributed by atoms with van der Waals surface area (Å²) in [5.74, 6) is 2.91. The minimum Gasteiger partial charge on any atom is -0.449 e. The Morgan fingerprint density at radius 2 is 0.864 bits per heavy atom. The number of hydrogen-bond acceptors (Lipinski definition) is 3. The molecule has 2 heterocycles. The van der Waals surface area contributed by atoms with E-state index in [9.17, 15) is 0 Å². The predicted octanol–water partition coefficient (Wildman–Crippen LogP) is 11.4. The minimum atomic E-state index is 0.720. The van der Waals surface area contributed by atoms with Crippen molar-refractivity contribution in [1.82, 2.24) is 4.98 Å². The Morgan fingerprint density at radius 3 is 1.45 bits per heavy atom. The van der Waals surface area contributed by atoms with Crippen molar-refractivity contribution in [2.45, 2.75) is 0 Å². The van der Waals surface area contributed by atoms with Crippen LogP contribution < -0.4 is 9.47 Å². The summed E-state index contributed by atoms with van der Waals surface area (Å²) in [6.07, 6.45) is 3.78. The van der Waals surface area contributed by atoms with Gasteiger partial charge in [-0.3, -0.25) is 4.98 Å². The van der Waals surface area contributed by atoms with Crippen LogP contribution in [0.3, 0.4) is 0 Å². The molecule has 0 bridgehead atoms. The molecule has 3 nitrogen and oxygen atoms in total. The average molecular weight is 564 g/mol. The molecule has 0 atom stereocenters. The number of ether oxygens (including phenoxy) is 2. The molecule has 0 saturated heterocycles. The summed E-state index contributed by atoms with van der Waals surface area (Å²) >= 11 is 0. The van der Waals surface area contributed by atoms with Crippen LogP contribution in [0.4, 0.5) is 0 Å². The summed E-state index contributed by atoms with van der Waals surface area (Å²) < 4.78 is 12.6. The van der Waals surface area contributed by atoms with Gasteiger partial charge in [0.2, 0.25) is 0 Å². The SMILES string of the molecule is c1cncc(-c2c3ccccc3c(-c3ccc(-c4ccc5c(c4)Oc4cc6ccccc6cc4O5)cc3)c3ccccc23)c1. The molecule has 0 fully saturated rings. The third-order valence-corrected chi connectivity index (χ3v) is 8.58. The molecule has 0 radical (unpaired) electrons. The van der Waals surface area contributed by atoms with E-state index in [2.05, 4.69) is 108 Å². The molecule has 9 rings (SSSR count). The third-order valence-electron chi connectivity index (χ3n) is 8.58. The topological polar surface area (TPSA) is 31.4 Å². The molecule has 0 amide bonds. The normalized spacial score (nSPS) is 12.0. The van der Waals surface area contributed by atoms with Crippen LogP contribution in [0, 0.1) is 0 Å². The van der Waals surface area contributed by atoms with Crippen molar-refractivity contribution >= 4 is 32.3 Å². The second-order valence-corrected chi connectivity index (χ2v) is 11.2. The van der Waals surface area contributed by atoms with E-state index in [4.69, 9.17) is 9.47 Å². The van der Waals surface area contributed by atoms with Gasteiger partial charge < -0.3 is 9.47 Å². The first-order valence-corrected chi connectivity index (χ1v) is 14.8. The number of benzene rings is 7. The van der Waals surface area contributed by atoms with Crippen molar-refractivity contribution < 1.29 is 9.47 Å². The fourth-order valence-electron chi connectivity index (χ4n) is 6.54. The van der Waals surface area contributed by atoms with Crippen molar-refractivity contribution in [2.24, 2.45) is 0 Å². The highest BCUT2D eigenvalue weighted by Gasteiger charge is 2.21. The van der Waals surface area contributed by atoms with Crippen molar-refractivity contribution in [3.8, 4) is 56.4 Å². The largest absolute Gasteiger partial charge is 0.449 e. The Bertz CT molecular complexity index is 2320. The fraction of sp³-hybridized carbons (Fsp3) is 0. The Balaban J connectivity index is 1.13. The zero-order valence-corrected chi connectivity index (χ0v) is 23.7. The molecule has 7 aromatic carbocycles. The Kier molecular flexibility index (Phi) is 5.50. The summed E-state index contributed by atoms with van der Waals surface area (Å²) in [4.78, 5) is 4.43. The van der Waals surface area contributed by atoms with E-state index in [1.165, 1.54) is 38.2 Å². The highest BCUT2D eigenvalue weighted by Crippen LogP contribution is 2.48. The molecule has 206 valence electrons.